The van der Waals surface area contributed by atoms with Crippen molar-refractivity contribution in [2.45, 2.75) is 33.6 Å². The summed E-state index contributed by atoms with van der Waals surface area (Å²) < 4.78 is 5.08. The Balaban J connectivity index is 2.94. The summed E-state index contributed by atoms with van der Waals surface area (Å²) in [5, 5.41) is 0. The van der Waals surface area contributed by atoms with Crippen molar-refractivity contribution in [3.63, 3.8) is 0 Å². The molecule has 1 atom stereocenters. The van der Waals surface area contributed by atoms with Crippen LogP contribution in [0.4, 0.5) is 0 Å². The molecule has 1 rings (SSSR count). The van der Waals surface area contributed by atoms with Crippen LogP contribution >= 0.6 is 0 Å². The van der Waals surface area contributed by atoms with E-state index in [1.807, 2.05) is 6.08 Å². The number of rotatable bonds is 2. The van der Waals surface area contributed by atoms with Gasteiger partial charge in [-0.05, 0) is 24.3 Å². The molecular formula is C11H18O2. The van der Waals surface area contributed by atoms with Crippen molar-refractivity contribution in [2.24, 2.45) is 11.3 Å². The fourth-order valence-electron chi connectivity index (χ4n) is 1.90. The van der Waals surface area contributed by atoms with Gasteiger partial charge >= 0.3 is 0 Å². The van der Waals surface area contributed by atoms with E-state index in [2.05, 4.69) is 20.8 Å². The lowest BCUT2D eigenvalue weighted by Crippen LogP contribution is -2.29. The average molecular weight is 182 g/mol. The van der Waals surface area contributed by atoms with Gasteiger partial charge in [-0.25, -0.2) is 0 Å². The first-order valence-corrected chi connectivity index (χ1v) is 4.81. The van der Waals surface area contributed by atoms with Crippen molar-refractivity contribution in [2.75, 3.05) is 7.11 Å². The first-order valence-electron chi connectivity index (χ1n) is 4.81. The smallest absolute Gasteiger partial charge is 0.200 e. The highest BCUT2D eigenvalue weighted by atomic mass is 16.5. The minimum absolute atomic E-state index is 0.0972. The Kier molecular flexibility index (Phi) is 2.79. The molecule has 0 heterocycles. The van der Waals surface area contributed by atoms with Crippen LogP contribution in [0, 0.1) is 11.3 Å². The Hall–Kier alpha value is -0.790. The lowest BCUT2D eigenvalue weighted by Gasteiger charge is -2.31. The lowest BCUT2D eigenvalue weighted by molar-refractivity contribution is -0.124. The molecule has 2 heteroatoms. The molecule has 1 aliphatic carbocycles. The summed E-state index contributed by atoms with van der Waals surface area (Å²) in [6, 6.07) is 0. The predicted octanol–water partition coefficient (Wildman–Crippen LogP) is 2.54. The number of carbonyl (C=O) groups excluding carboxylic acids is 1. The summed E-state index contributed by atoms with van der Waals surface area (Å²) in [5.41, 5.74) is 0.0972. The van der Waals surface area contributed by atoms with E-state index in [4.69, 9.17) is 4.74 Å². The molecule has 0 amide bonds. The van der Waals surface area contributed by atoms with E-state index in [1.165, 1.54) is 0 Å². The summed E-state index contributed by atoms with van der Waals surface area (Å²) in [4.78, 5) is 11.7. The monoisotopic (exact) mass is 182 g/mol. The Morgan fingerprint density at radius 2 is 2.23 bits per heavy atom. The molecule has 0 aliphatic heterocycles. The molecule has 0 aromatic carbocycles. The van der Waals surface area contributed by atoms with Gasteiger partial charge in [0.2, 0.25) is 0 Å². The van der Waals surface area contributed by atoms with Crippen LogP contribution in [0.2, 0.25) is 0 Å². The van der Waals surface area contributed by atoms with Crippen molar-refractivity contribution in [3.05, 3.63) is 11.8 Å². The van der Waals surface area contributed by atoms with Gasteiger partial charge in [0, 0.05) is 5.92 Å². The number of hydrogen-bond acceptors (Lipinski definition) is 2. The summed E-state index contributed by atoms with van der Waals surface area (Å²) >= 11 is 0. The largest absolute Gasteiger partial charge is 0.493 e. The average Bonchev–Trinajstić information content (AvgIpc) is 2.08. The first-order chi connectivity index (χ1) is 6.00. The Morgan fingerprint density at radius 1 is 1.62 bits per heavy atom. The number of Topliss-reactive ketones (excluding diaryl/α,β-unsaturated/α-hetero) is 1. The second kappa shape index (κ2) is 3.52. The SMILES string of the molecule is CCC1CC(C)(C)C=C(OC)C1=O. The molecule has 1 aliphatic rings. The number of hydrogen-bond donors (Lipinski definition) is 0. The molecule has 0 saturated heterocycles. The minimum atomic E-state index is 0.0972. The summed E-state index contributed by atoms with van der Waals surface area (Å²) in [5.74, 6) is 0.863. The van der Waals surface area contributed by atoms with Crippen LogP contribution in [0.15, 0.2) is 11.8 Å². The Morgan fingerprint density at radius 3 is 2.69 bits per heavy atom. The quantitative estimate of drug-likeness (QED) is 0.656. The molecule has 0 aromatic rings. The maximum Gasteiger partial charge on any atom is 0.200 e. The van der Waals surface area contributed by atoms with Gasteiger partial charge in [-0.3, -0.25) is 4.79 Å². The number of allylic oxidation sites excluding steroid dienone is 2. The van der Waals surface area contributed by atoms with E-state index in [-0.39, 0.29) is 17.1 Å². The molecule has 1 unspecified atom stereocenters. The van der Waals surface area contributed by atoms with Gasteiger partial charge in [0.05, 0.1) is 7.11 Å². The maximum absolute atomic E-state index is 11.7. The maximum atomic E-state index is 11.7. The second-order valence-electron chi connectivity index (χ2n) is 4.37. The van der Waals surface area contributed by atoms with Crippen molar-refractivity contribution in [3.8, 4) is 0 Å². The van der Waals surface area contributed by atoms with Crippen LogP contribution in [0.25, 0.3) is 0 Å². The van der Waals surface area contributed by atoms with E-state index >= 15 is 0 Å². The van der Waals surface area contributed by atoms with Crippen LogP contribution < -0.4 is 0 Å². The van der Waals surface area contributed by atoms with Crippen molar-refractivity contribution < 1.29 is 9.53 Å². The fourth-order valence-corrected chi connectivity index (χ4v) is 1.90. The highest BCUT2D eigenvalue weighted by Crippen LogP contribution is 2.36. The van der Waals surface area contributed by atoms with Crippen LogP contribution in [0.5, 0.6) is 0 Å². The van der Waals surface area contributed by atoms with Crippen LogP contribution in [0.3, 0.4) is 0 Å². The fraction of sp³-hybridized carbons (Fsp3) is 0.727. The van der Waals surface area contributed by atoms with Gasteiger partial charge in [-0.1, -0.05) is 20.8 Å². The lowest BCUT2D eigenvalue weighted by atomic mass is 9.75. The van der Waals surface area contributed by atoms with E-state index in [0.717, 1.165) is 12.8 Å². The standard InChI is InChI=1S/C11H18O2/c1-5-8-6-11(2,3)7-9(13-4)10(8)12/h7-8H,5-6H2,1-4H3. The molecular weight excluding hydrogens is 164 g/mol. The zero-order valence-corrected chi connectivity index (χ0v) is 8.89. The zero-order chi connectivity index (χ0) is 10.1. The van der Waals surface area contributed by atoms with Gasteiger partial charge in [-0.15, -0.1) is 0 Å². The molecule has 0 saturated carbocycles. The predicted molar refractivity (Wildman–Crippen MR) is 52.3 cm³/mol. The van der Waals surface area contributed by atoms with Crippen molar-refractivity contribution in [1.82, 2.24) is 0 Å². The molecule has 0 N–H and O–H groups in total. The van der Waals surface area contributed by atoms with Crippen molar-refractivity contribution in [1.29, 1.82) is 0 Å². The Labute approximate surface area is 80.0 Å². The number of methoxy groups -OCH3 is 1. The molecule has 13 heavy (non-hydrogen) atoms. The molecule has 0 aromatic heterocycles. The van der Waals surface area contributed by atoms with Gasteiger partial charge in [-0.2, -0.15) is 0 Å². The molecule has 2 nitrogen and oxygen atoms in total. The highest BCUT2D eigenvalue weighted by molar-refractivity contribution is 5.96. The van der Waals surface area contributed by atoms with Gasteiger partial charge in [0.1, 0.15) is 0 Å². The van der Waals surface area contributed by atoms with E-state index in [1.54, 1.807) is 7.11 Å². The highest BCUT2D eigenvalue weighted by Gasteiger charge is 2.33. The summed E-state index contributed by atoms with van der Waals surface area (Å²) in [6.07, 6.45) is 3.79. The van der Waals surface area contributed by atoms with E-state index in [0.29, 0.717) is 5.76 Å². The molecule has 0 spiro atoms. The number of ether oxygens (including phenoxy) is 1. The normalized spacial score (nSPS) is 26.9. The third-order valence-electron chi connectivity index (χ3n) is 2.62. The summed E-state index contributed by atoms with van der Waals surface area (Å²) in [6.45, 7) is 6.33. The van der Waals surface area contributed by atoms with E-state index in [9.17, 15) is 4.79 Å². The molecule has 0 fully saturated rings. The van der Waals surface area contributed by atoms with Gasteiger partial charge < -0.3 is 4.74 Å². The molecule has 0 bridgehead atoms. The Bertz CT molecular complexity index is 238. The summed E-state index contributed by atoms with van der Waals surface area (Å²) in [7, 11) is 1.57. The van der Waals surface area contributed by atoms with Crippen LogP contribution in [0.1, 0.15) is 33.6 Å². The zero-order valence-electron chi connectivity index (χ0n) is 8.89. The van der Waals surface area contributed by atoms with E-state index < -0.39 is 0 Å². The molecule has 0 radical (unpaired) electrons. The number of ketones is 1. The minimum Gasteiger partial charge on any atom is -0.493 e. The van der Waals surface area contributed by atoms with Gasteiger partial charge in [0.15, 0.2) is 11.5 Å². The third kappa shape index (κ3) is 2.11. The number of carbonyl (C=O) groups is 1. The van der Waals surface area contributed by atoms with Crippen LogP contribution in [-0.2, 0) is 9.53 Å². The second-order valence-corrected chi connectivity index (χ2v) is 4.37. The van der Waals surface area contributed by atoms with Crippen molar-refractivity contribution >= 4 is 5.78 Å². The van der Waals surface area contributed by atoms with Gasteiger partial charge in [0.25, 0.3) is 0 Å². The topological polar surface area (TPSA) is 26.3 Å². The molecule has 74 valence electrons. The third-order valence-corrected chi connectivity index (χ3v) is 2.62. The first kappa shape index (κ1) is 10.3. The van der Waals surface area contributed by atoms with Crippen LogP contribution in [-0.4, -0.2) is 12.9 Å².